The molecule has 4 N–H and O–H groups in total. The number of carboxylic acids is 1. The fourth-order valence-electron chi connectivity index (χ4n) is 2.07. The largest absolute Gasteiger partial charge is 0.480 e. The third-order valence-corrected chi connectivity index (χ3v) is 3.41. The van der Waals surface area contributed by atoms with Crippen LogP contribution in [0.1, 0.15) is 39.3 Å². The van der Waals surface area contributed by atoms with Crippen LogP contribution in [-0.4, -0.2) is 39.2 Å². The lowest BCUT2D eigenvalue weighted by molar-refractivity contribution is -0.139. The number of hydrogen-bond donors (Lipinski definition) is 4. The van der Waals surface area contributed by atoms with Gasteiger partial charge in [0.1, 0.15) is 6.04 Å². The van der Waals surface area contributed by atoms with E-state index < -0.39 is 18.0 Å². The van der Waals surface area contributed by atoms with Crippen molar-refractivity contribution in [3.05, 3.63) is 18.2 Å². The van der Waals surface area contributed by atoms with E-state index in [1.54, 1.807) is 6.20 Å². The zero-order valence-electron chi connectivity index (χ0n) is 12.7. The Morgan fingerprint density at radius 2 is 2.10 bits per heavy atom. The maximum atomic E-state index is 11.9. The molecule has 1 aromatic rings. The molecule has 0 aliphatic rings. The van der Waals surface area contributed by atoms with E-state index in [1.807, 2.05) is 6.92 Å². The fraction of sp³-hybridized carbons (Fsp3) is 0.643. The average molecular weight is 296 g/mol. The Hall–Kier alpha value is -2.05. The Balaban J connectivity index is 2.47. The standard InChI is InChI=1S/C14H24N4O3/c1-4-9(2)5-10(3)17-14(21)18-12(13(19)20)6-11-7-15-8-16-11/h7-10,12H,4-6H2,1-3H3,(H,15,16)(H,19,20)(H2,17,18,21)/t9?,10?,12-/m0/s1. The van der Waals surface area contributed by atoms with Gasteiger partial charge in [-0.3, -0.25) is 0 Å². The molecule has 2 unspecified atom stereocenters. The molecule has 0 aromatic carbocycles. The van der Waals surface area contributed by atoms with Gasteiger partial charge in [0.2, 0.25) is 0 Å². The molecule has 0 radical (unpaired) electrons. The first-order valence-corrected chi connectivity index (χ1v) is 7.19. The summed E-state index contributed by atoms with van der Waals surface area (Å²) in [6, 6.07) is -1.44. The molecule has 7 nitrogen and oxygen atoms in total. The number of rotatable bonds is 8. The minimum Gasteiger partial charge on any atom is -0.480 e. The summed E-state index contributed by atoms with van der Waals surface area (Å²) in [7, 11) is 0. The van der Waals surface area contributed by atoms with Crippen molar-refractivity contribution in [1.29, 1.82) is 0 Å². The first kappa shape index (κ1) is 17.0. The Morgan fingerprint density at radius 3 is 2.62 bits per heavy atom. The lowest BCUT2D eigenvalue weighted by atomic mass is 10.0. The number of aromatic amines is 1. The van der Waals surface area contributed by atoms with Crippen LogP contribution in [0.15, 0.2) is 12.5 Å². The van der Waals surface area contributed by atoms with Gasteiger partial charge < -0.3 is 20.7 Å². The molecule has 7 heteroatoms. The Labute approximate surface area is 124 Å². The summed E-state index contributed by atoms with van der Waals surface area (Å²) in [6.45, 7) is 6.13. The maximum absolute atomic E-state index is 11.9. The molecule has 0 aliphatic carbocycles. The number of aromatic nitrogens is 2. The predicted molar refractivity (Wildman–Crippen MR) is 78.9 cm³/mol. The van der Waals surface area contributed by atoms with Gasteiger partial charge in [-0.1, -0.05) is 20.3 Å². The van der Waals surface area contributed by atoms with Gasteiger partial charge in [0.25, 0.3) is 0 Å². The molecule has 0 bridgehead atoms. The number of imidazole rings is 1. The van der Waals surface area contributed by atoms with Crippen LogP contribution in [-0.2, 0) is 11.2 Å². The molecule has 3 atom stereocenters. The minimum absolute atomic E-state index is 0.00143. The van der Waals surface area contributed by atoms with Gasteiger partial charge in [0, 0.05) is 24.4 Å². The van der Waals surface area contributed by atoms with Gasteiger partial charge >= 0.3 is 12.0 Å². The van der Waals surface area contributed by atoms with Crippen LogP contribution in [0.3, 0.4) is 0 Å². The SMILES string of the molecule is CCC(C)CC(C)NC(=O)N[C@@H](Cc1cnc[nH]1)C(=O)O. The smallest absolute Gasteiger partial charge is 0.326 e. The average Bonchev–Trinajstić information content (AvgIpc) is 2.90. The number of amides is 2. The highest BCUT2D eigenvalue weighted by atomic mass is 16.4. The highest BCUT2D eigenvalue weighted by Gasteiger charge is 2.21. The van der Waals surface area contributed by atoms with Crippen molar-refractivity contribution < 1.29 is 14.7 Å². The number of H-pyrrole nitrogens is 1. The molecule has 21 heavy (non-hydrogen) atoms. The summed E-state index contributed by atoms with van der Waals surface area (Å²) >= 11 is 0. The first-order chi connectivity index (χ1) is 9.92. The van der Waals surface area contributed by atoms with Crippen molar-refractivity contribution in [2.75, 3.05) is 0 Å². The summed E-state index contributed by atoms with van der Waals surface area (Å²) in [4.78, 5) is 29.7. The van der Waals surface area contributed by atoms with Crippen LogP contribution in [0.5, 0.6) is 0 Å². The molecule has 0 spiro atoms. The lowest BCUT2D eigenvalue weighted by Gasteiger charge is -2.20. The minimum atomic E-state index is -1.07. The van der Waals surface area contributed by atoms with E-state index in [9.17, 15) is 9.59 Å². The number of nitrogens with zero attached hydrogens (tertiary/aromatic N) is 1. The number of carbonyl (C=O) groups excluding carboxylic acids is 1. The quantitative estimate of drug-likeness (QED) is 0.583. The van der Waals surface area contributed by atoms with Crippen LogP contribution in [0.2, 0.25) is 0 Å². The lowest BCUT2D eigenvalue weighted by Crippen LogP contribution is -2.49. The second-order valence-corrected chi connectivity index (χ2v) is 5.44. The molecule has 0 fully saturated rings. The summed E-state index contributed by atoms with van der Waals surface area (Å²) in [6.07, 6.45) is 5.10. The van der Waals surface area contributed by atoms with Crippen LogP contribution < -0.4 is 10.6 Å². The van der Waals surface area contributed by atoms with Gasteiger partial charge in [-0.2, -0.15) is 0 Å². The highest BCUT2D eigenvalue weighted by molar-refractivity contribution is 5.82. The summed E-state index contributed by atoms with van der Waals surface area (Å²) < 4.78 is 0. The number of hydrogen-bond acceptors (Lipinski definition) is 3. The van der Waals surface area contributed by atoms with Crippen molar-refractivity contribution in [3.8, 4) is 0 Å². The molecule has 1 aromatic heterocycles. The molecule has 1 heterocycles. The normalized spacial score (nSPS) is 15.0. The molecule has 0 saturated carbocycles. The number of carbonyl (C=O) groups is 2. The predicted octanol–water partition coefficient (Wildman–Crippen LogP) is 1.53. The van der Waals surface area contributed by atoms with E-state index in [-0.39, 0.29) is 12.5 Å². The van der Waals surface area contributed by atoms with E-state index in [0.717, 1.165) is 12.8 Å². The highest BCUT2D eigenvalue weighted by Crippen LogP contribution is 2.09. The Bertz CT molecular complexity index is 447. The summed E-state index contributed by atoms with van der Waals surface area (Å²) in [5.41, 5.74) is 0.662. The molecule has 118 valence electrons. The van der Waals surface area contributed by atoms with Crippen molar-refractivity contribution in [3.63, 3.8) is 0 Å². The van der Waals surface area contributed by atoms with Gasteiger partial charge in [-0.25, -0.2) is 14.6 Å². The third kappa shape index (κ3) is 6.29. The second-order valence-electron chi connectivity index (χ2n) is 5.44. The van der Waals surface area contributed by atoms with Crippen LogP contribution in [0.4, 0.5) is 4.79 Å². The Kier molecular flexibility index (Phi) is 6.71. The number of urea groups is 1. The fourth-order valence-corrected chi connectivity index (χ4v) is 2.07. The second kappa shape index (κ2) is 8.28. The van der Waals surface area contributed by atoms with Gasteiger partial charge in [0.05, 0.1) is 6.33 Å². The summed E-state index contributed by atoms with van der Waals surface area (Å²) in [5, 5.41) is 14.4. The third-order valence-electron chi connectivity index (χ3n) is 3.41. The topological polar surface area (TPSA) is 107 Å². The van der Waals surface area contributed by atoms with Gasteiger partial charge in [-0.05, 0) is 19.3 Å². The zero-order chi connectivity index (χ0) is 15.8. The summed E-state index contributed by atoms with van der Waals surface area (Å²) in [5.74, 6) is -0.560. The van der Waals surface area contributed by atoms with E-state index in [0.29, 0.717) is 11.6 Å². The van der Waals surface area contributed by atoms with Crippen LogP contribution in [0.25, 0.3) is 0 Å². The molecule has 2 amide bonds. The molecule has 0 saturated heterocycles. The van der Waals surface area contributed by atoms with E-state index in [1.165, 1.54) is 6.33 Å². The molecule has 0 aliphatic heterocycles. The Morgan fingerprint density at radius 1 is 1.38 bits per heavy atom. The van der Waals surface area contributed by atoms with Crippen molar-refractivity contribution >= 4 is 12.0 Å². The van der Waals surface area contributed by atoms with Crippen molar-refractivity contribution in [2.45, 2.75) is 52.1 Å². The molecular weight excluding hydrogens is 272 g/mol. The molecule has 1 rings (SSSR count). The molecular formula is C14H24N4O3. The van der Waals surface area contributed by atoms with Gasteiger partial charge in [0.15, 0.2) is 0 Å². The van der Waals surface area contributed by atoms with Gasteiger partial charge in [-0.15, -0.1) is 0 Å². The van der Waals surface area contributed by atoms with Crippen molar-refractivity contribution in [2.24, 2.45) is 5.92 Å². The van der Waals surface area contributed by atoms with Crippen molar-refractivity contribution in [1.82, 2.24) is 20.6 Å². The van der Waals surface area contributed by atoms with Crippen LogP contribution in [0, 0.1) is 5.92 Å². The number of nitrogens with one attached hydrogen (secondary N) is 3. The van der Waals surface area contributed by atoms with E-state index in [4.69, 9.17) is 5.11 Å². The number of aliphatic carboxylic acids is 1. The monoisotopic (exact) mass is 296 g/mol. The van der Waals surface area contributed by atoms with E-state index in [2.05, 4.69) is 34.4 Å². The van der Waals surface area contributed by atoms with Crippen LogP contribution >= 0.6 is 0 Å². The zero-order valence-corrected chi connectivity index (χ0v) is 12.7. The first-order valence-electron chi connectivity index (χ1n) is 7.19. The van der Waals surface area contributed by atoms with E-state index >= 15 is 0 Å². The number of carboxylic acid groups (broad SMARTS) is 1. The maximum Gasteiger partial charge on any atom is 0.326 e.